The fourth-order valence-corrected chi connectivity index (χ4v) is 9.19. The largest absolute Gasteiger partial charge is 0.504 e. The number of non-ortho nitro benzene ring substituents is 1. The van der Waals surface area contributed by atoms with E-state index in [4.69, 9.17) is 16.3 Å². The number of carbonyl (C=O) groups excluding carboxylic acids is 4. The number of nitrogens with zero attached hydrogens (tertiary/aromatic N) is 3. The highest BCUT2D eigenvalue weighted by Crippen LogP contribution is 2.65. The number of nitro groups is 1. The Morgan fingerprint density at radius 1 is 0.843 bits per heavy atom. The monoisotopic (exact) mass is 703 g/mol. The number of hydrogen-bond acceptors (Lipinski definition) is 8. The minimum atomic E-state index is -1.51. The normalized spacial score (nSPS) is 26.8. The van der Waals surface area contributed by atoms with Crippen LogP contribution in [-0.2, 0) is 24.6 Å². The highest BCUT2D eigenvalue weighted by atomic mass is 35.5. The third-order valence-electron chi connectivity index (χ3n) is 11.0. The molecule has 6 atom stereocenters. The first-order chi connectivity index (χ1) is 24.6. The molecular formula is C39H30ClN3O8. The molecule has 0 bridgehead atoms. The van der Waals surface area contributed by atoms with E-state index in [9.17, 15) is 29.6 Å². The fraction of sp³-hybridized carbons (Fsp3) is 0.231. The summed E-state index contributed by atoms with van der Waals surface area (Å²) in [6.45, 7) is 0. The molecule has 2 aliphatic heterocycles. The van der Waals surface area contributed by atoms with E-state index in [-0.39, 0.29) is 35.7 Å². The number of phenols is 1. The molecule has 4 amide bonds. The molecule has 12 heteroatoms. The van der Waals surface area contributed by atoms with Crippen LogP contribution in [0.5, 0.6) is 11.5 Å². The van der Waals surface area contributed by atoms with Gasteiger partial charge < -0.3 is 9.84 Å². The molecule has 4 aliphatic rings. The first-order valence-electron chi connectivity index (χ1n) is 16.5. The number of nitro benzene ring substituents is 1. The van der Waals surface area contributed by atoms with Crippen molar-refractivity contribution in [3.05, 3.63) is 135 Å². The lowest BCUT2D eigenvalue weighted by Crippen LogP contribution is -2.53. The molecule has 4 aromatic rings. The summed E-state index contributed by atoms with van der Waals surface area (Å²) >= 11 is 6.37. The number of imide groups is 2. The van der Waals surface area contributed by atoms with E-state index in [1.807, 2.05) is 24.3 Å². The van der Waals surface area contributed by atoms with Gasteiger partial charge in [-0.25, -0.2) is 9.80 Å². The van der Waals surface area contributed by atoms with Gasteiger partial charge in [0.2, 0.25) is 23.6 Å². The second kappa shape index (κ2) is 11.9. The Balaban J connectivity index is 1.34. The van der Waals surface area contributed by atoms with Gasteiger partial charge in [0.15, 0.2) is 11.5 Å². The van der Waals surface area contributed by atoms with Crippen molar-refractivity contribution in [1.29, 1.82) is 0 Å². The van der Waals surface area contributed by atoms with E-state index in [0.29, 0.717) is 27.4 Å². The van der Waals surface area contributed by atoms with Gasteiger partial charge >= 0.3 is 0 Å². The lowest BCUT2D eigenvalue weighted by molar-refractivity contribution is -0.384. The molecule has 2 heterocycles. The second-order valence-corrected chi connectivity index (χ2v) is 13.8. The number of fused-ring (bicyclic) bond motifs is 4. The van der Waals surface area contributed by atoms with Crippen LogP contribution >= 0.6 is 11.6 Å². The Hall–Kier alpha value is -5.81. The number of rotatable bonds is 6. The van der Waals surface area contributed by atoms with E-state index in [1.54, 1.807) is 48.5 Å². The zero-order valence-corrected chi connectivity index (χ0v) is 27.9. The van der Waals surface area contributed by atoms with Crippen molar-refractivity contribution in [2.45, 2.75) is 24.2 Å². The molecule has 0 aromatic heterocycles. The van der Waals surface area contributed by atoms with Crippen LogP contribution in [0.3, 0.4) is 0 Å². The standard InChI is InChI=1S/C39H30ClN3O8/c1-51-32-16-13-21(17-31(32)44)34-27-14-15-28-33(37(47)41(35(28)45)25-11-6-12-26(19-25)43(49)50)29(27)20-30-36(46)42(24-10-5-9-23(40)18-24)38(48)39(30,34)22-7-3-2-4-8-22/h2-14,16-19,28-30,33-34,44H,15,20H2,1H3/t28-,29+,30-,33-,34-,39+/m0/s1. The number of anilines is 2. The summed E-state index contributed by atoms with van der Waals surface area (Å²) in [7, 11) is 1.43. The van der Waals surface area contributed by atoms with Crippen LogP contribution in [0.15, 0.2) is 109 Å². The van der Waals surface area contributed by atoms with Crippen molar-refractivity contribution in [3.8, 4) is 11.5 Å². The minimum absolute atomic E-state index is 0.0734. The van der Waals surface area contributed by atoms with Gasteiger partial charge in [-0.05, 0) is 66.3 Å². The second-order valence-electron chi connectivity index (χ2n) is 13.3. The van der Waals surface area contributed by atoms with Crippen LogP contribution in [0.2, 0.25) is 5.02 Å². The molecule has 2 aliphatic carbocycles. The highest BCUT2D eigenvalue weighted by Gasteiger charge is 2.70. The zero-order chi connectivity index (χ0) is 35.8. The number of hydrogen-bond donors (Lipinski definition) is 1. The predicted molar refractivity (Wildman–Crippen MR) is 186 cm³/mol. The SMILES string of the molecule is COc1ccc([C@H]2C3=CC[C@@H]4C(=O)N(c5cccc([N+](=O)[O-])c5)C(=O)[C@@H]4[C@@H]3C[C@H]3C(=O)N(c4cccc(Cl)c4)C(=O)[C@@]23c2ccccc2)cc1O. The number of allylic oxidation sites excluding steroid dienone is 2. The van der Waals surface area contributed by atoms with Crippen LogP contribution in [-0.4, -0.2) is 40.8 Å². The van der Waals surface area contributed by atoms with Crippen LogP contribution in [0.25, 0.3) is 0 Å². The smallest absolute Gasteiger partial charge is 0.271 e. The zero-order valence-electron chi connectivity index (χ0n) is 27.1. The van der Waals surface area contributed by atoms with E-state index < -0.39 is 63.6 Å². The molecule has 51 heavy (non-hydrogen) atoms. The van der Waals surface area contributed by atoms with Crippen molar-refractivity contribution in [1.82, 2.24) is 0 Å². The first kappa shape index (κ1) is 32.4. The molecule has 256 valence electrons. The molecule has 1 N–H and O–H groups in total. The molecule has 8 rings (SSSR count). The van der Waals surface area contributed by atoms with Crippen molar-refractivity contribution in [2.24, 2.45) is 23.7 Å². The van der Waals surface area contributed by atoms with Crippen molar-refractivity contribution < 1.29 is 33.9 Å². The average molecular weight is 704 g/mol. The third kappa shape index (κ3) is 4.64. The van der Waals surface area contributed by atoms with Gasteiger partial charge in [0.1, 0.15) is 0 Å². The molecule has 0 radical (unpaired) electrons. The number of phenolic OH excluding ortho intramolecular Hbond substituents is 1. The molecule has 0 unspecified atom stereocenters. The lowest BCUT2D eigenvalue weighted by Gasteiger charge is -2.50. The van der Waals surface area contributed by atoms with Crippen molar-refractivity contribution >= 4 is 52.3 Å². The predicted octanol–water partition coefficient (Wildman–Crippen LogP) is 6.33. The number of aromatic hydroxyl groups is 1. The number of amides is 4. The molecule has 2 saturated heterocycles. The fourth-order valence-electron chi connectivity index (χ4n) is 9.01. The molecule has 4 aromatic carbocycles. The lowest BCUT2D eigenvalue weighted by atomic mass is 9.49. The van der Waals surface area contributed by atoms with E-state index in [0.717, 1.165) is 4.90 Å². The molecule has 0 spiro atoms. The van der Waals surface area contributed by atoms with Gasteiger partial charge in [-0.3, -0.25) is 29.3 Å². The maximum atomic E-state index is 15.3. The number of carbonyl (C=O) groups is 4. The van der Waals surface area contributed by atoms with Crippen LogP contribution in [0.1, 0.15) is 29.9 Å². The summed E-state index contributed by atoms with van der Waals surface area (Å²) in [6.07, 6.45) is 2.14. The summed E-state index contributed by atoms with van der Waals surface area (Å²) in [5.41, 5.74) is 0.449. The van der Waals surface area contributed by atoms with Gasteiger partial charge in [-0.15, -0.1) is 0 Å². The van der Waals surface area contributed by atoms with Crippen molar-refractivity contribution in [3.63, 3.8) is 0 Å². The van der Waals surface area contributed by atoms with Gasteiger partial charge in [0.05, 0.1) is 46.6 Å². The topological polar surface area (TPSA) is 147 Å². The maximum absolute atomic E-state index is 15.3. The average Bonchev–Trinajstić information content (AvgIpc) is 3.52. The summed E-state index contributed by atoms with van der Waals surface area (Å²) < 4.78 is 5.34. The number of halogens is 1. The molecular weight excluding hydrogens is 674 g/mol. The Morgan fingerprint density at radius 3 is 2.25 bits per heavy atom. The van der Waals surface area contributed by atoms with E-state index in [1.165, 1.54) is 42.3 Å². The maximum Gasteiger partial charge on any atom is 0.271 e. The molecule has 1 saturated carbocycles. The Morgan fingerprint density at radius 2 is 1.57 bits per heavy atom. The van der Waals surface area contributed by atoms with Crippen molar-refractivity contribution in [2.75, 3.05) is 16.9 Å². The molecule has 3 fully saturated rings. The van der Waals surface area contributed by atoms with E-state index >= 15 is 4.79 Å². The number of ether oxygens (including phenoxy) is 1. The first-order valence-corrected chi connectivity index (χ1v) is 16.8. The van der Waals surface area contributed by atoms with Gasteiger partial charge in [-0.1, -0.05) is 71.8 Å². The quantitative estimate of drug-likeness (QED) is 0.106. The van der Waals surface area contributed by atoms with Crippen LogP contribution in [0, 0.1) is 33.8 Å². The van der Waals surface area contributed by atoms with Crippen LogP contribution < -0.4 is 14.5 Å². The Kier molecular flexibility index (Phi) is 7.57. The van der Waals surface area contributed by atoms with Crippen LogP contribution in [0.4, 0.5) is 17.1 Å². The van der Waals surface area contributed by atoms with Gasteiger partial charge in [-0.2, -0.15) is 0 Å². The van der Waals surface area contributed by atoms with Gasteiger partial charge in [0, 0.05) is 23.1 Å². The Bertz CT molecular complexity index is 2210. The third-order valence-corrected chi connectivity index (χ3v) is 11.2. The van der Waals surface area contributed by atoms with Gasteiger partial charge in [0.25, 0.3) is 5.69 Å². The number of methoxy groups -OCH3 is 1. The summed E-state index contributed by atoms with van der Waals surface area (Å²) in [5.74, 6) is -6.07. The minimum Gasteiger partial charge on any atom is -0.504 e. The molecule has 11 nitrogen and oxygen atoms in total. The number of benzene rings is 4. The summed E-state index contributed by atoms with van der Waals surface area (Å²) in [4.78, 5) is 71.7. The van der Waals surface area contributed by atoms with E-state index in [2.05, 4.69) is 0 Å². The summed E-state index contributed by atoms with van der Waals surface area (Å²) in [5, 5.41) is 23.0. The highest BCUT2D eigenvalue weighted by molar-refractivity contribution is 6.32. The Labute approximate surface area is 296 Å². The summed E-state index contributed by atoms with van der Waals surface area (Å²) in [6, 6.07) is 25.8.